The third-order valence-corrected chi connectivity index (χ3v) is 6.06. The molecule has 0 saturated carbocycles. The van der Waals surface area contributed by atoms with Crippen LogP contribution in [-0.4, -0.2) is 50.0 Å². The molecular weight excluding hydrogens is 312 g/mol. The summed E-state index contributed by atoms with van der Waals surface area (Å²) >= 11 is 0. The largest absolute Gasteiger partial charge is 0.338 e. The second kappa shape index (κ2) is 7.34. The second-order valence-corrected chi connectivity index (χ2v) is 8.76. The van der Waals surface area contributed by atoms with Crippen molar-refractivity contribution in [2.24, 2.45) is 0 Å². The van der Waals surface area contributed by atoms with Crippen LogP contribution in [0, 0.1) is 0 Å². The summed E-state index contributed by atoms with van der Waals surface area (Å²) in [4.78, 5) is 13.8. The zero-order chi connectivity index (χ0) is 17.0. The minimum absolute atomic E-state index is 0.0527. The number of sulfone groups is 1. The minimum atomic E-state index is -2.99. The van der Waals surface area contributed by atoms with E-state index in [0.29, 0.717) is 12.5 Å². The van der Waals surface area contributed by atoms with Crippen molar-refractivity contribution in [3.05, 3.63) is 35.4 Å². The number of urea groups is 1. The van der Waals surface area contributed by atoms with Gasteiger partial charge < -0.3 is 10.2 Å². The van der Waals surface area contributed by atoms with Crippen LogP contribution in [0.4, 0.5) is 4.79 Å². The van der Waals surface area contributed by atoms with Crippen molar-refractivity contribution in [3.8, 4) is 0 Å². The predicted octanol–water partition coefficient (Wildman–Crippen LogP) is 2.18. The average molecular weight is 338 g/mol. The topological polar surface area (TPSA) is 66.5 Å². The molecular formula is C17H26N2O3S. The van der Waals surface area contributed by atoms with Crippen LogP contribution in [-0.2, 0) is 16.3 Å². The van der Waals surface area contributed by atoms with Gasteiger partial charge in [0.2, 0.25) is 0 Å². The van der Waals surface area contributed by atoms with Crippen LogP contribution >= 0.6 is 0 Å². The predicted molar refractivity (Wildman–Crippen MR) is 92.5 cm³/mol. The molecule has 0 aliphatic carbocycles. The van der Waals surface area contributed by atoms with Gasteiger partial charge in [-0.1, -0.05) is 38.1 Å². The number of rotatable bonds is 4. The molecule has 1 N–H and O–H groups in total. The monoisotopic (exact) mass is 338 g/mol. The number of hydrogen-bond acceptors (Lipinski definition) is 3. The van der Waals surface area contributed by atoms with E-state index in [4.69, 9.17) is 0 Å². The number of carbonyl (C=O) groups is 1. The molecule has 6 heteroatoms. The van der Waals surface area contributed by atoms with Crippen molar-refractivity contribution in [1.82, 2.24) is 10.2 Å². The van der Waals surface area contributed by atoms with E-state index in [1.807, 2.05) is 0 Å². The van der Waals surface area contributed by atoms with Gasteiger partial charge in [0, 0.05) is 19.1 Å². The van der Waals surface area contributed by atoms with Gasteiger partial charge in [0.1, 0.15) is 0 Å². The Labute approximate surface area is 139 Å². The highest BCUT2D eigenvalue weighted by molar-refractivity contribution is 7.91. The van der Waals surface area contributed by atoms with Gasteiger partial charge in [-0.2, -0.15) is 0 Å². The van der Waals surface area contributed by atoms with E-state index < -0.39 is 9.84 Å². The Bertz CT molecular complexity index is 638. The normalized spacial score (nSPS) is 20.5. The van der Waals surface area contributed by atoms with Crippen molar-refractivity contribution >= 4 is 15.9 Å². The average Bonchev–Trinajstić information content (AvgIpc) is 2.46. The van der Waals surface area contributed by atoms with Crippen LogP contribution < -0.4 is 5.32 Å². The number of amides is 2. The molecule has 2 rings (SSSR count). The fraction of sp³-hybridized carbons (Fsp3) is 0.588. The summed E-state index contributed by atoms with van der Waals surface area (Å²) in [7, 11) is -2.99. The molecule has 2 amide bonds. The van der Waals surface area contributed by atoms with E-state index in [2.05, 4.69) is 43.4 Å². The summed E-state index contributed by atoms with van der Waals surface area (Å²) in [5.74, 6) is 0.624. The molecule has 1 saturated heterocycles. The highest BCUT2D eigenvalue weighted by Crippen LogP contribution is 2.15. The SMILES string of the molecule is CC(C)c1ccc(CCNC(=O)N2CCS(=O)(=O)C[C@@H]2C)cc1. The van der Waals surface area contributed by atoms with Crippen molar-refractivity contribution in [1.29, 1.82) is 0 Å². The summed E-state index contributed by atoms with van der Waals surface area (Å²) in [5, 5.41) is 2.89. The molecule has 1 aliphatic heterocycles. The second-order valence-electron chi connectivity index (χ2n) is 6.53. The van der Waals surface area contributed by atoms with Crippen molar-refractivity contribution in [2.75, 3.05) is 24.6 Å². The lowest BCUT2D eigenvalue weighted by Crippen LogP contribution is -2.53. The van der Waals surface area contributed by atoms with E-state index in [1.54, 1.807) is 11.8 Å². The number of carbonyl (C=O) groups excluding carboxylic acids is 1. The maximum Gasteiger partial charge on any atom is 0.317 e. The quantitative estimate of drug-likeness (QED) is 0.915. The van der Waals surface area contributed by atoms with Gasteiger partial charge >= 0.3 is 6.03 Å². The highest BCUT2D eigenvalue weighted by atomic mass is 32.2. The molecule has 1 fully saturated rings. The first kappa shape index (κ1) is 17.8. The van der Waals surface area contributed by atoms with E-state index in [1.165, 1.54) is 11.1 Å². The summed E-state index contributed by atoms with van der Waals surface area (Å²) < 4.78 is 23.1. The standard InChI is InChI=1S/C17H26N2O3S/c1-13(2)16-6-4-15(5-7-16)8-9-18-17(20)19-10-11-23(21,22)12-14(19)3/h4-7,13-14H,8-12H2,1-3H3,(H,18,20)/t14-/m0/s1. The Morgan fingerprint density at radius 1 is 1.30 bits per heavy atom. The fourth-order valence-corrected chi connectivity index (χ4v) is 4.34. The Morgan fingerprint density at radius 2 is 1.96 bits per heavy atom. The van der Waals surface area contributed by atoms with Gasteiger partial charge in [-0.3, -0.25) is 0 Å². The maximum absolute atomic E-state index is 12.2. The molecule has 128 valence electrons. The Morgan fingerprint density at radius 3 is 2.52 bits per heavy atom. The van der Waals surface area contributed by atoms with Crippen molar-refractivity contribution in [3.63, 3.8) is 0 Å². The Kier molecular flexibility index (Phi) is 5.68. The maximum atomic E-state index is 12.2. The summed E-state index contributed by atoms with van der Waals surface area (Å²) in [6, 6.07) is 8.00. The van der Waals surface area contributed by atoms with E-state index in [-0.39, 0.29) is 30.1 Å². The highest BCUT2D eigenvalue weighted by Gasteiger charge is 2.30. The number of nitrogens with zero attached hydrogens (tertiary/aromatic N) is 1. The van der Waals surface area contributed by atoms with Crippen LogP contribution in [0.2, 0.25) is 0 Å². The molecule has 5 nitrogen and oxygen atoms in total. The molecule has 0 bridgehead atoms. The van der Waals surface area contributed by atoms with Gasteiger partial charge in [-0.05, 0) is 30.4 Å². The van der Waals surface area contributed by atoms with Gasteiger partial charge in [-0.15, -0.1) is 0 Å². The minimum Gasteiger partial charge on any atom is -0.338 e. The molecule has 0 radical (unpaired) electrons. The third-order valence-electron chi connectivity index (χ3n) is 4.27. The van der Waals surface area contributed by atoms with Gasteiger partial charge in [-0.25, -0.2) is 13.2 Å². The fourth-order valence-electron chi connectivity index (χ4n) is 2.78. The van der Waals surface area contributed by atoms with Crippen LogP contribution in [0.3, 0.4) is 0 Å². The van der Waals surface area contributed by atoms with Crippen LogP contribution in [0.5, 0.6) is 0 Å². The third kappa shape index (κ3) is 4.96. The number of hydrogen-bond donors (Lipinski definition) is 1. The number of nitrogens with one attached hydrogen (secondary N) is 1. The molecule has 1 aliphatic rings. The smallest absolute Gasteiger partial charge is 0.317 e. The Balaban J connectivity index is 1.81. The molecule has 1 aromatic rings. The number of benzene rings is 1. The van der Waals surface area contributed by atoms with Gasteiger partial charge in [0.15, 0.2) is 9.84 Å². The van der Waals surface area contributed by atoms with E-state index in [0.717, 1.165) is 6.42 Å². The van der Waals surface area contributed by atoms with Gasteiger partial charge in [0.05, 0.1) is 11.5 Å². The lowest BCUT2D eigenvalue weighted by Gasteiger charge is -2.33. The van der Waals surface area contributed by atoms with Crippen molar-refractivity contribution in [2.45, 2.75) is 39.2 Å². The molecule has 23 heavy (non-hydrogen) atoms. The zero-order valence-corrected chi connectivity index (χ0v) is 14.9. The first-order valence-corrected chi connectivity index (χ1v) is 9.94. The molecule has 0 unspecified atom stereocenters. The lowest BCUT2D eigenvalue weighted by molar-refractivity contribution is 0.185. The van der Waals surface area contributed by atoms with Crippen LogP contribution in [0.15, 0.2) is 24.3 Å². The van der Waals surface area contributed by atoms with Crippen LogP contribution in [0.25, 0.3) is 0 Å². The van der Waals surface area contributed by atoms with E-state index in [9.17, 15) is 13.2 Å². The van der Waals surface area contributed by atoms with Crippen molar-refractivity contribution < 1.29 is 13.2 Å². The lowest BCUT2D eigenvalue weighted by atomic mass is 10.0. The van der Waals surface area contributed by atoms with E-state index >= 15 is 0 Å². The summed E-state index contributed by atoms with van der Waals surface area (Å²) in [6.07, 6.45) is 0.768. The summed E-state index contributed by atoms with van der Waals surface area (Å²) in [6.45, 7) is 6.93. The van der Waals surface area contributed by atoms with Gasteiger partial charge in [0.25, 0.3) is 0 Å². The molecule has 1 atom stereocenters. The molecule has 0 spiro atoms. The Hall–Kier alpha value is -1.56. The van der Waals surface area contributed by atoms with Crippen LogP contribution in [0.1, 0.15) is 37.8 Å². The zero-order valence-electron chi connectivity index (χ0n) is 14.1. The molecule has 1 heterocycles. The molecule has 1 aromatic carbocycles. The molecule has 0 aromatic heterocycles. The first-order chi connectivity index (χ1) is 10.8. The first-order valence-electron chi connectivity index (χ1n) is 8.12. The summed E-state index contributed by atoms with van der Waals surface area (Å²) in [5.41, 5.74) is 2.49.